The topological polar surface area (TPSA) is 101 Å². The van der Waals surface area contributed by atoms with Gasteiger partial charge >= 0.3 is 6.18 Å². The van der Waals surface area contributed by atoms with E-state index in [4.69, 9.17) is 11.6 Å². The number of nitrogens with one attached hydrogen (secondary N) is 4. The molecule has 220 valence electrons. The van der Waals surface area contributed by atoms with Gasteiger partial charge in [0.25, 0.3) is 0 Å². The molecule has 1 aliphatic heterocycles. The molecule has 1 aromatic carbocycles. The lowest BCUT2D eigenvalue weighted by Gasteiger charge is -2.28. The van der Waals surface area contributed by atoms with Crippen LogP contribution in [-0.2, 0) is 0 Å². The zero-order valence-corrected chi connectivity index (χ0v) is 23.5. The van der Waals surface area contributed by atoms with Gasteiger partial charge in [0.05, 0.1) is 33.5 Å². The van der Waals surface area contributed by atoms with Crippen molar-refractivity contribution in [3.05, 3.63) is 70.2 Å². The van der Waals surface area contributed by atoms with E-state index in [0.29, 0.717) is 49.8 Å². The minimum Gasteiger partial charge on any atom is -0.381 e. The van der Waals surface area contributed by atoms with Gasteiger partial charge in [-0.05, 0) is 50.8 Å². The summed E-state index contributed by atoms with van der Waals surface area (Å²) in [6, 6.07) is 7.92. The number of aromatic nitrogens is 2. The first-order chi connectivity index (χ1) is 20.1. The predicted octanol–water partition coefficient (Wildman–Crippen LogP) is 6.76. The number of nitrogens with zero attached hydrogens (tertiary/aromatic N) is 4. The van der Waals surface area contributed by atoms with Crippen molar-refractivity contribution >= 4 is 33.9 Å². The van der Waals surface area contributed by atoms with E-state index in [9.17, 15) is 22.8 Å². The van der Waals surface area contributed by atoms with Crippen LogP contribution in [0.5, 0.6) is 0 Å². The molecular weight excluding hydrogens is 572 g/mol. The Balaban J connectivity index is 1.41. The molecule has 4 N–H and O–H groups in total. The highest BCUT2D eigenvalue weighted by Gasteiger charge is 2.67. The summed E-state index contributed by atoms with van der Waals surface area (Å²) in [5.74, 6) is -0.667. The Hall–Kier alpha value is -3.82. The molecule has 3 heterocycles. The molecule has 0 unspecified atom stereocenters. The van der Waals surface area contributed by atoms with E-state index in [1.54, 1.807) is 19.1 Å². The lowest BCUT2D eigenvalue weighted by molar-refractivity contribution is -0.195. The van der Waals surface area contributed by atoms with Gasteiger partial charge in [0.1, 0.15) is 6.07 Å². The van der Waals surface area contributed by atoms with Crippen molar-refractivity contribution < 1.29 is 17.6 Å². The average molecular weight is 601 g/mol. The van der Waals surface area contributed by atoms with Gasteiger partial charge in [0.15, 0.2) is 5.54 Å². The Labute approximate surface area is 245 Å². The van der Waals surface area contributed by atoms with Crippen molar-refractivity contribution in [3.63, 3.8) is 0 Å². The van der Waals surface area contributed by atoms with Gasteiger partial charge < -0.3 is 16.1 Å². The molecule has 42 heavy (non-hydrogen) atoms. The molecule has 8 nitrogen and oxygen atoms in total. The van der Waals surface area contributed by atoms with Crippen LogP contribution in [0.3, 0.4) is 0 Å². The van der Waals surface area contributed by atoms with E-state index in [1.807, 2.05) is 6.07 Å². The first-order valence-electron chi connectivity index (χ1n) is 13.9. The summed E-state index contributed by atoms with van der Waals surface area (Å²) in [4.78, 5) is 8.37. The van der Waals surface area contributed by atoms with Crippen LogP contribution < -0.4 is 21.6 Å². The summed E-state index contributed by atoms with van der Waals surface area (Å²) in [6.45, 7) is 1.63. The number of aryl methyl sites for hydroxylation is 1. The van der Waals surface area contributed by atoms with Crippen molar-refractivity contribution in [3.8, 4) is 6.07 Å². The quantitative estimate of drug-likeness (QED) is 0.174. The molecule has 3 aliphatic rings. The Bertz CT molecular complexity index is 1590. The van der Waals surface area contributed by atoms with Crippen molar-refractivity contribution in [2.24, 2.45) is 0 Å². The maximum Gasteiger partial charge on any atom is 0.413 e. The third-order valence-corrected chi connectivity index (χ3v) is 8.61. The summed E-state index contributed by atoms with van der Waals surface area (Å²) in [7, 11) is 0. The van der Waals surface area contributed by atoms with E-state index in [1.165, 1.54) is 24.9 Å². The van der Waals surface area contributed by atoms with Crippen LogP contribution in [0, 0.1) is 24.2 Å². The van der Waals surface area contributed by atoms with E-state index in [0.717, 1.165) is 30.7 Å². The zero-order valence-electron chi connectivity index (χ0n) is 22.7. The summed E-state index contributed by atoms with van der Waals surface area (Å²) in [5, 5.41) is 18.8. The van der Waals surface area contributed by atoms with Crippen LogP contribution in [0.15, 0.2) is 42.4 Å². The molecule has 2 aliphatic carbocycles. The average Bonchev–Trinajstić information content (AvgIpc) is 3.64. The van der Waals surface area contributed by atoms with Crippen LogP contribution >= 0.6 is 11.6 Å². The number of rotatable bonds is 7. The number of alkyl halides is 3. The van der Waals surface area contributed by atoms with Gasteiger partial charge in [-0.3, -0.25) is 9.99 Å². The highest BCUT2D eigenvalue weighted by Crippen LogP contribution is 2.53. The first kappa shape index (κ1) is 28.3. The van der Waals surface area contributed by atoms with Crippen molar-refractivity contribution in [1.82, 2.24) is 25.9 Å². The molecule has 0 amide bonds. The van der Waals surface area contributed by atoms with Gasteiger partial charge in [-0.25, -0.2) is 4.98 Å². The van der Waals surface area contributed by atoms with Gasteiger partial charge in [0, 0.05) is 40.8 Å². The number of halogens is 5. The molecule has 2 aromatic heterocycles. The summed E-state index contributed by atoms with van der Waals surface area (Å²) in [6.07, 6.45) is 3.76. The second kappa shape index (κ2) is 10.8. The predicted molar refractivity (Wildman–Crippen MR) is 151 cm³/mol. The lowest BCUT2D eigenvalue weighted by Crippen LogP contribution is -2.52. The number of hydrogen-bond donors (Lipinski definition) is 4. The third kappa shape index (κ3) is 5.16. The standard InChI is InChI=1S/C29H29ClF4N8/c1-16-20(7-8-24(31)37-16)27(23-15-42(41-40-23)28(9-10-28)29(32,33)34)39-19-11-21-25(38-18-5-3-2-4-6-18)17(13-35)14-36-26(21)22(30)12-19/h7-8,11-12,14-15,18,27,39-41H,2-6,9-10H2,1H3,(H,36,38)/t27-/m0/s1. The summed E-state index contributed by atoms with van der Waals surface area (Å²) in [5.41, 5.74) is 6.90. The maximum atomic E-state index is 13.9. The Kier molecular flexibility index (Phi) is 7.27. The molecule has 0 spiro atoms. The highest BCUT2D eigenvalue weighted by atomic mass is 35.5. The number of benzene rings is 1. The van der Waals surface area contributed by atoms with Crippen LogP contribution in [0.4, 0.5) is 28.9 Å². The van der Waals surface area contributed by atoms with E-state index < -0.39 is 23.7 Å². The monoisotopic (exact) mass is 600 g/mol. The number of fused-ring (bicyclic) bond motifs is 1. The molecule has 0 saturated heterocycles. The fraction of sp³-hybridized carbons (Fsp3) is 0.414. The van der Waals surface area contributed by atoms with Gasteiger partial charge in [0.2, 0.25) is 5.95 Å². The molecule has 13 heteroatoms. The largest absolute Gasteiger partial charge is 0.413 e. The van der Waals surface area contributed by atoms with Gasteiger partial charge in [-0.2, -0.15) is 22.8 Å². The normalized spacial score (nSPS) is 19.2. The SMILES string of the molecule is Cc1nc(F)ccc1[C@H](Nc1cc(Cl)c2ncc(C#N)c(NC3CCCCC3)c2c1)C1=CN(C2(C(F)(F)F)CC2)NN1. The molecule has 6 rings (SSSR count). The smallest absolute Gasteiger partial charge is 0.381 e. The summed E-state index contributed by atoms with van der Waals surface area (Å²) < 4.78 is 55.5. The number of pyridine rings is 2. The van der Waals surface area contributed by atoms with Crippen LogP contribution in [0.25, 0.3) is 10.9 Å². The minimum absolute atomic E-state index is 0.0323. The van der Waals surface area contributed by atoms with Crippen molar-refractivity contribution in [2.75, 3.05) is 10.6 Å². The zero-order chi connectivity index (χ0) is 29.6. The van der Waals surface area contributed by atoms with Crippen LogP contribution in [0.1, 0.15) is 67.8 Å². The van der Waals surface area contributed by atoms with Crippen LogP contribution in [0.2, 0.25) is 5.02 Å². The van der Waals surface area contributed by atoms with E-state index >= 15 is 0 Å². The lowest BCUT2D eigenvalue weighted by atomic mass is 9.94. The number of hydrazine groups is 2. The van der Waals surface area contributed by atoms with E-state index in [2.05, 4.69) is 37.6 Å². The second-order valence-electron chi connectivity index (χ2n) is 11.1. The molecule has 0 bridgehead atoms. The maximum absolute atomic E-state index is 13.9. The second-order valence-corrected chi connectivity index (χ2v) is 11.5. The fourth-order valence-electron chi connectivity index (χ4n) is 5.86. The van der Waals surface area contributed by atoms with Crippen LogP contribution in [-0.4, -0.2) is 32.7 Å². The highest BCUT2D eigenvalue weighted by molar-refractivity contribution is 6.35. The Morgan fingerprint density at radius 3 is 2.62 bits per heavy atom. The van der Waals surface area contributed by atoms with Crippen molar-refractivity contribution in [1.29, 1.82) is 5.26 Å². The van der Waals surface area contributed by atoms with E-state index in [-0.39, 0.29) is 18.9 Å². The molecule has 1 atom stereocenters. The van der Waals surface area contributed by atoms with Gasteiger partial charge in [-0.1, -0.05) is 36.9 Å². The Morgan fingerprint density at radius 2 is 1.95 bits per heavy atom. The first-order valence-corrected chi connectivity index (χ1v) is 14.3. The molecular formula is C29H29ClF4N8. The molecule has 2 saturated carbocycles. The summed E-state index contributed by atoms with van der Waals surface area (Å²) >= 11 is 6.70. The Morgan fingerprint density at radius 1 is 1.19 bits per heavy atom. The number of nitriles is 1. The van der Waals surface area contributed by atoms with Gasteiger partial charge in [-0.15, -0.1) is 5.53 Å². The molecule has 2 fully saturated rings. The minimum atomic E-state index is -4.43. The van der Waals surface area contributed by atoms with Crippen molar-refractivity contribution in [2.45, 2.75) is 75.7 Å². The number of hydrogen-bond acceptors (Lipinski definition) is 8. The fourth-order valence-corrected chi connectivity index (χ4v) is 6.12. The molecule has 0 radical (unpaired) electrons. The molecule has 3 aromatic rings. The number of anilines is 2. The third-order valence-electron chi connectivity index (χ3n) is 8.33.